The molecule has 1 saturated carbocycles. The highest BCUT2D eigenvalue weighted by molar-refractivity contribution is 7.90. The van der Waals surface area contributed by atoms with Crippen molar-refractivity contribution in [1.82, 2.24) is 14.5 Å². The molecule has 1 aliphatic rings. The van der Waals surface area contributed by atoms with Gasteiger partial charge in [0.15, 0.2) is 0 Å². The van der Waals surface area contributed by atoms with Gasteiger partial charge in [-0.3, -0.25) is 9.59 Å². The monoisotopic (exact) mass is 590 g/mol. The number of carbonyl (C=O) groups is 2. The molecule has 2 amide bonds. The molecule has 42 heavy (non-hydrogen) atoms. The Labute approximate surface area is 250 Å². The Morgan fingerprint density at radius 2 is 1.45 bits per heavy atom. The smallest absolute Gasteiger partial charge is 0.304 e. The summed E-state index contributed by atoms with van der Waals surface area (Å²) >= 11 is 0. The van der Waals surface area contributed by atoms with E-state index in [0.717, 1.165) is 57.4 Å². The van der Waals surface area contributed by atoms with Crippen LogP contribution in [0.15, 0.2) is 84.9 Å². The molecule has 1 aliphatic carbocycles. The van der Waals surface area contributed by atoms with Crippen LogP contribution in [0.5, 0.6) is 0 Å². The standard InChI is InChI=1S/C33H42N4O4S/c1-26-15-13-14-18-28(26)24-36(32(38)25-37(42(40,41)35(2)3)30-21-11-6-12-22-30)31(23-27-16-7-4-8-17-27)33(39)34-29-19-9-5-10-20-29/h4,6-8,11-18,21-22,29,31H,5,9-10,19-20,23-25H2,1-3H3,(H,34,39)/t31-/m0/s1. The number of para-hydroxylation sites is 1. The maximum Gasteiger partial charge on any atom is 0.304 e. The highest BCUT2D eigenvalue weighted by Crippen LogP contribution is 2.23. The second-order valence-corrected chi connectivity index (χ2v) is 13.2. The van der Waals surface area contributed by atoms with E-state index < -0.39 is 28.7 Å². The van der Waals surface area contributed by atoms with Gasteiger partial charge in [0, 0.05) is 33.1 Å². The number of aryl methyl sites for hydroxylation is 1. The molecular formula is C33H42N4O4S. The molecule has 0 aromatic heterocycles. The predicted octanol–water partition coefficient (Wildman–Crippen LogP) is 4.70. The van der Waals surface area contributed by atoms with Gasteiger partial charge in [0.05, 0.1) is 5.69 Å². The van der Waals surface area contributed by atoms with Gasteiger partial charge in [0.2, 0.25) is 11.8 Å². The molecule has 1 N–H and O–H groups in total. The lowest BCUT2D eigenvalue weighted by Crippen LogP contribution is -2.55. The molecular weight excluding hydrogens is 548 g/mol. The molecule has 9 heteroatoms. The van der Waals surface area contributed by atoms with Crippen molar-refractivity contribution in [1.29, 1.82) is 0 Å². The molecule has 4 rings (SSSR count). The molecule has 1 fully saturated rings. The fraction of sp³-hybridized carbons (Fsp3) is 0.394. The third-order valence-electron chi connectivity index (χ3n) is 7.89. The summed E-state index contributed by atoms with van der Waals surface area (Å²) in [6.07, 6.45) is 5.43. The van der Waals surface area contributed by atoms with Crippen molar-refractivity contribution < 1.29 is 18.0 Å². The van der Waals surface area contributed by atoms with Crippen LogP contribution >= 0.6 is 0 Å². The number of hydrogen-bond donors (Lipinski definition) is 1. The average molecular weight is 591 g/mol. The normalized spacial score (nSPS) is 14.8. The first-order chi connectivity index (χ1) is 20.2. The first-order valence-electron chi connectivity index (χ1n) is 14.6. The second kappa shape index (κ2) is 14.5. The van der Waals surface area contributed by atoms with E-state index in [1.54, 1.807) is 35.2 Å². The molecule has 0 heterocycles. The SMILES string of the molecule is Cc1ccccc1CN(C(=O)CN(c1ccccc1)S(=O)(=O)N(C)C)[C@@H](Cc1ccccc1)C(=O)NC1CCCCC1. The molecule has 0 radical (unpaired) electrons. The Morgan fingerprint density at radius 1 is 0.857 bits per heavy atom. The van der Waals surface area contributed by atoms with Crippen molar-refractivity contribution in [2.75, 3.05) is 24.9 Å². The molecule has 8 nitrogen and oxygen atoms in total. The number of hydrogen-bond acceptors (Lipinski definition) is 4. The number of anilines is 1. The van der Waals surface area contributed by atoms with Crippen molar-refractivity contribution in [3.63, 3.8) is 0 Å². The van der Waals surface area contributed by atoms with Crippen LogP contribution < -0.4 is 9.62 Å². The number of carbonyl (C=O) groups excluding carboxylic acids is 2. The Kier molecular flexibility index (Phi) is 10.8. The summed E-state index contributed by atoms with van der Waals surface area (Å²) in [6, 6.07) is 25.2. The lowest BCUT2D eigenvalue weighted by molar-refractivity contribution is -0.140. The van der Waals surface area contributed by atoms with Crippen LogP contribution in [0.4, 0.5) is 5.69 Å². The zero-order valence-electron chi connectivity index (χ0n) is 24.8. The van der Waals surface area contributed by atoms with Crippen molar-refractivity contribution in [3.05, 3.63) is 102 Å². The number of nitrogens with one attached hydrogen (secondary N) is 1. The largest absolute Gasteiger partial charge is 0.352 e. The zero-order valence-corrected chi connectivity index (χ0v) is 25.6. The lowest BCUT2D eigenvalue weighted by Gasteiger charge is -2.35. The predicted molar refractivity (Wildman–Crippen MR) is 167 cm³/mol. The molecule has 0 spiro atoms. The average Bonchev–Trinajstić information content (AvgIpc) is 2.99. The van der Waals surface area contributed by atoms with E-state index in [-0.39, 0.29) is 18.5 Å². The van der Waals surface area contributed by atoms with Gasteiger partial charge in [-0.25, -0.2) is 4.31 Å². The fourth-order valence-corrected chi connectivity index (χ4v) is 6.44. The van der Waals surface area contributed by atoms with Crippen LogP contribution in [0.1, 0.15) is 48.8 Å². The molecule has 3 aromatic carbocycles. The van der Waals surface area contributed by atoms with Crippen LogP contribution in [0, 0.1) is 6.92 Å². The van der Waals surface area contributed by atoms with Gasteiger partial charge in [-0.1, -0.05) is 92.1 Å². The highest BCUT2D eigenvalue weighted by Gasteiger charge is 2.35. The first kappa shape index (κ1) is 31.3. The van der Waals surface area contributed by atoms with Crippen LogP contribution in [-0.2, 0) is 32.8 Å². The quantitative estimate of drug-likeness (QED) is 0.331. The van der Waals surface area contributed by atoms with Crippen molar-refractivity contribution >= 4 is 27.7 Å². The first-order valence-corrected chi connectivity index (χ1v) is 16.0. The number of amides is 2. The molecule has 1 atom stereocenters. The molecule has 0 bridgehead atoms. The second-order valence-electron chi connectivity index (χ2n) is 11.1. The summed E-state index contributed by atoms with van der Waals surface area (Å²) in [5.74, 6) is -0.665. The molecule has 0 aliphatic heterocycles. The summed E-state index contributed by atoms with van der Waals surface area (Å²) in [5.41, 5.74) is 3.18. The van der Waals surface area contributed by atoms with E-state index in [2.05, 4.69) is 5.32 Å². The summed E-state index contributed by atoms with van der Waals surface area (Å²) in [7, 11) is -1.13. The molecule has 224 valence electrons. The minimum Gasteiger partial charge on any atom is -0.352 e. The van der Waals surface area contributed by atoms with E-state index in [0.29, 0.717) is 12.1 Å². The van der Waals surface area contributed by atoms with Crippen LogP contribution in [-0.4, -0.2) is 62.2 Å². The van der Waals surface area contributed by atoms with Gasteiger partial charge in [-0.15, -0.1) is 0 Å². The van der Waals surface area contributed by atoms with Crippen molar-refractivity contribution in [2.24, 2.45) is 0 Å². The van der Waals surface area contributed by atoms with Gasteiger partial charge in [0.25, 0.3) is 0 Å². The van der Waals surface area contributed by atoms with E-state index in [4.69, 9.17) is 0 Å². The van der Waals surface area contributed by atoms with E-state index in [1.165, 1.54) is 14.1 Å². The van der Waals surface area contributed by atoms with Gasteiger partial charge in [0.1, 0.15) is 12.6 Å². The number of benzene rings is 3. The van der Waals surface area contributed by atoms with Crippen molar-refractivity contribution in [2.45, 2.75) is 64.1 Å². The van der Waals surface area contributed by atoms with E-state index in [1.807, 2.05) is 61.5 Å². The van der Waals surface area contributed by atoms with Gasteiger partial charge in [-0.2, -0.15) is 12.7 Å². The van der Waals surface area contributed by atoms with E-state index in [9.17, 15) is 18.0 Å². The summed E-state index contributed by atoms with van der Waals surface area (Å²) in [5, 5.41) is 3.24. The van der Waals surface area contributed by atoms with Gasteiger partial charge < -0.3 is 10.2 Å². The molecule has 3 aromatic rings. The van der Waals surface area contributed by atoms with Gasteiger partial charge >= 0.3 is 10.2 Å². The zero-order chi connectivity index (χ0) is 30.1. The lowest BCUT2D eigenvalue weighted by atomic mass is 9.94. The topological polar surface area (TPSA) is 90.0 Å². The summed E-state index contributed by atoms with van der Waals surface area (Å²) in [6.45, 7) is 1.70. The third-order valence-corrected chi connectivity index (χ3v) is 9.71. The maximum absolute atomic E-state index is 14.4. The molecule has 0 saturated heterocycles. The van der Waals surface area contributed by atoms with Crippen molar-refractivity contribution in [3.8, 4) is 0 Å². The number of rotatable bonds is 12. The fourth-order valence-electron chi connectivity index (χ4n) is 5.38. The van der Waals surface area contributed by atoms with Gasteiger partial charge in [-0.05, 0) is 48.6 Å². The van der Waals surface area contributed by atoms with Crippen LogP contribution in [0.3, 0.4) is 0 Å². The van der Waals surface area contributed by atoms with Crippen LogP contribution in [0.2, 0.25) is 0 Å². The number of nitrogens with zero attached hydrogens (tertiary/aromatic N) is 3. The maximum atomic E-state index is 14.4. The molecule has 0 unspecified atom stereocenters. The minimum atomic E-state index is -4.01. The highest BCUT2D eigenvalue weighted by atomic mass is 32.2. The Hall–Kier alpha value is -3.69. The summed E-state index contributed by atoms with van der Waals surface area (Å²) in [4.78, 5) is 30.0. The summed E-state index contributed by atoms with van der Waals surface area (Å²) < 4.78 is 29.1. The third kappa shape index (κ3) is 7.98. The van der Waals surface area contributed by atoms with E-state index >= 15 is 0 Å². The Balaban J connectivity index is 1.75. The van der Waals surface area contributed by atoms with Crippen LogP contribution in [0.25, 0.3) is 0 Å². The Morgan fingerprint density at radius 3 is 2.07 bits per heavy atom. The minimum absolute atomic E-state index is 0.0647. The Bertz CT molecular complexity index is 1420.